The molecular formula is C12H9NaO5S. The van der Waals surface area contributed by atoms with Gasteiger partial charge in [-0.3, -0.25) is 9.59 Å². The van der Waals surface area contributed by atoms with Gasteiger partial charge in [-0.2, -0.15) is 0 Å². The molecule has 19 heavy (non-hydrogen) atoms. The first kappa shape index (κ1) is 16.3. The van der Waals surface area contributed by atoms with Crippen LogP contribution in [0.2, 0.25) is 0 Å². The molecule has 1 aliphatic rings. The van der Waals surface area contributed by atoms with Crippen LogP contribution >= 0.6 is 0 Å². The summed E-state index contributed by atoms with van der Waals surface area (Å²) in [5.41, 5.74) is 0.832. The van der Waals surface area contributed by atoms with E-state index in [0.29, 0.717) is 18.1 Å². The molecule has 1 aromatic rings. The van der Waals surface area contributed by atoms with Gasteiger partial charge in [-0.1, -0.05) is 25.1 Å². The molecule has 1 aromatic carbocycles. The summed E-state index contributed by atoms with van der Waals surface area (Å²) in [4.78, 5) is 22.7. The van der Waals surface area contributed by atoms with E-state index >= 15 is 0 Å². The zero-order valence-corrected chi connectivity index (χ0v) is 13.3. The summed E-state index contributed by atoms with van der Waals surface area (Å²) < 4.78 is 32.7. The fourth-order valence-corrected chi connectivity index (χ4v) is 2.54. The zero-order valence-electron chi connectivity index (χ0n) is 10.5. The smallest absolute Gasteiger partial charge is 0.744 e. The molecule has 0 spiro atoms. The first-order valence-corrected chi connectivity index (χ1v) is 6.65. The third-order valence-corrected chi connectivity index (χ3v) is 3.62. The zero-order chi connectivity index (χ0) is 13.5. The monoisotopic (exact) mass is 288 g/mol. The van der Waals surface area contributed by atoms with Crippen LogP contribution in [0.1, 0.15) is 33.2 Å². The fourth-order valence-electron chi connectivity index (χ4n) is 1.95. The van der Waals surface area contributed by atoms with Crippen molar-refractivity contribution < 1.29 is 52.1 Å². The van der Waals surface area contributed by atoms with E-state index in [1.807, 2.05) is 6.92 Å². The van der Waals surface area contributed by atoms with Gasteiger partial charge in [0.2, 0.25) is 5.78 Å². The average molecular weight is 288 g/mol. The Bertz CT molecular complexity index is 688. The molecule has 1 aliphatic carbocycles. The number of Topliss-reactive ketones (excluding diaryl/α,β-unsaturated/α-hetero) is 1. The Morgan fingerprint density at radius 2 is 1.84 bits per heavy atom. The molecule has 0 saturated carbocycles. The summed E-state index contributed by atoms with van der Waals surface area (Å²) >= 11 is 0. The van der Waals surface area contributed by atoms with Crippen molar-refractivity contribution in [2.24, 2.45) is 0 Å². The molecule has 0 aromatic heterocycles. The molecule has 0 fully saturated rings. The first-order valence-electron chi connectivity index (χ1n) is 5.24. The number of aryl methyl sites for hydroxylation is 1. The van der Waals surface area contributed by atoms with Crippen molar-refractivity contribution in [2.45, 2.75) is 13.3 Å². The van der Waals surface area contributed by atoms with Gasteiger partial charge in [-0.05, 0) is 12.0 Å². The third kappa shape index (κ3) is 2.88. The Morgan fingerprint density at radius 3 is 2.37 bits per heavy atom. The average Bonchev–Trinajstić information content (AvgIpc) is 2.31. The number of fused-ring (bicyclic) bond motifs is 1. The number of allylic oxidation sites excluding steroid dienone is 2. The Hall–Kier alpha value is -0.790. The maximum absolute atomic E-state index is 11.9. The summed E-state index contributed by atoms with van der Waals surface area (Å²) in [6.07, 6.45) is 1.15. The maximum Gasteiger partial charge on any atom is 1.00 e. The molecule has 94 valence electrons. The summed E-state index contributed by atoms with van der Waals surface area (Å²) in [6, 6.07) is 4.60. The Morgan fingerprint density at radius 1 is 1.21 bits per heavy atom. The van der Waals surface area contributed by atoms with Crippen molar-refractivity contribution in [1.29, 1.82) is 0 Å². The van der Waals surface area contributed by atoms with Crippen LogP contribution in [0.4, 0.5) is 0 Å². The molecule has 0 radical (unpaired) electrons. The summed E-state index contributed by atoms with van der Waals surface area (Å²) in [7, 11) is -4.93. The fraction of sp³-hybridized carbons (Fsp3) is 0.167. The Kier molecular flexibility index (Phi) is 4.86. The number of carbonyl (C=O) groups is 2. The molecule has 0 saturated heterocycles. The Balaban J connectivity index is 0.00000180. The van der Waals surface area contributed by atoms with Gasteiger partial charge in [0.05, 0.1) is 0 Å². The van der Waals surface area contributed by atoms with E-state index in [1.165, 1.54) is 6.07 Å². The molecule has 0 heterocycles. The minimum Gasteiger partial charge on any atom is -0.744 e. The van der Waals surface area contributed by atoms with Crippen LogP contribution in [0.3, 0.4) is 0 Å². The maximum atomic E-state index is 11.9. The molecule has 0 atom stereocenters. The molecule has 0 N–H and O–H groups in total. The normalized spacial score (nSPS) is 14.5. The second-order valence-corrected chi connectivity index (χ2v) is 5.20. The van der Waals surface area contributed by atoms with Gasteiger partial charge in [-0.15, -0.1) is 0 Å². The molecule has 2 rings (SSSR count). The van der Waals surface area contributed by atoms with Crippen LogP contribution < -0.4 is 29.6 Å². The number of hydrogen-bond acceptors (Lipinski definition) is 5. The molecule has 0 amide bonds. The molecular weight excluding hydrogens is 279 g/mol. The van der Waals surface area contributed by atoms with Gasteiger partial charge < -0.3 is 4.55 Å². The van der Waals surface area contributed by atoms with Gasteiger partial charge >= 0.3 is 29.6 Å². The van der Waals surface area contributed by atoms with E-state index in [9.17, 15) is 22.6 Å². The third-order valence-electron chi connectivity index (χ3n) is 2.78. The van der Waals surface area contributed by atoms with Crippen LogP contribution in [0.5, 0.6) is 0 Å². The molecule has 0 bridgehead atoms. The Labute approximate surface area is 132 Å². The second kappa shape index (κ2) is 5.68. The van der Waals surface area contributed by atoms with Crippen LogP contribution in [-0.4, -0.2) is 24.5 Å². The SMILES string of the molecule is CCc1cccc2c1C(=O)C=C(S(=O)(=O)[O-])C2=O.[Na+]. The van der Waals surface area contributed by atoms with Crippen molar-refractivity contribution in [1.82, 2.24) is 0 Å². The van der Waals surface area contributed by atoms with Gasteiger partial charge in [0.25, 0.3) is 0 Å². The minimum atomic E-state index is -4.93. The number of carbonyl (C=O) groups excluding carboxylic acids is 2. The predicted octanol–water partition coefficient (Wildman–Crippen LogP) is -1.94. The summed E-state index contributed by atoms with van der Waals surface area (Å²) in [6.45, 7) is 1.82. The standard InChI is InChI=1S/C12H10O5S.Na/c1-2-7-4-3-5-8-11(7)9(13)6-10(12(8)14)18(15,16)17;/h3-6H,2H2,1H3,(H,15,16,17);/q;+1/p-1. The van der Waals surface area contributed by atoms with Crippen LogP contribution in [-0.2, 0) is 16.5 Å². The van der Waals surface area contributed by atoms with Crippen LogP contribution in [0.15, 0.2) is 29.2 Å². The topological polar surface area (TPSA) is 91.3 Å². The van der Waals surface area contributed by atoms with Crippen LogP contribution in [0, 0.1) is 0 Å². The summed E-state index contributed by atoms with van der Waals surface area (Å²) in [5.74, 6) is -1.52. The van der Waals surface area contributed by atoms with Gasteiger partial charge in [0.15, 0.2) is 5.78 Å². The van der Waals surface area contributed by atoms with Crippen molar-refractivity contribution in [3.63, 3.8) is 0 Å². The van der Waals surface area contributed by atoms with E-state index in [2.05, 4.69) is 0 Å². The molecule has 5 nitrogen and oxygen atoms in total. The van der Waals surface area contributed by atoms with Crippen molar-refractivity contribution in [3.8, 4) is 0 Å². The van der Waals surface area contributed by atoms with E-state index in [4.69, 9.17) is 0 Å². The van der Waals surface area contributed by atoms with Gasteiger partial charge in [0, 0.05) is 17.2 Å². The van der Waals surface area contributed by atoms with E-state index in [0.717, 1.165) is 0 Å². The van der Waals surface area contributed by atoms with Crippen molar-refractivity contribution in [2.75, 3.05) is 0 Å². The van der Waals surface area contributed by atoms with E-state index < -0.39 is 26.6 Å². The van der Waals surface area contributed by atoms with Crippen molar-refractivity contribution in [3.05, 3.63) is 45.9 Å². The molecule has 0 aliphatic heterocycles. The largest absolute Gasteiger partial charge is 1.00 e. The number of rotatable bonds is 2. The number of ketones is 2. The molecule has 0 unspecified atom stereocenters. The minimum absolute atomic E-state index is 0. The van der Waals surface area contributed by atoms with E-state index in [-0.39, 0.29) is 40.7 Å². The van der Waals surface area contributed by atoms with E-state index in [1.54, 1.807) is 12.1 Å². The van der Waals surface area contributed by atoms with Gasteiger partial charge in [0.1, 0.15) is 15.0 Å². The predicted molar refractivity (Wildman–Crippen MR) is 62.3 cm³/mol. The number of benzene rings is 1. The van der Waals surface area contributed by atoms with Crippen LogP contribution in [0.25, 0.3) is 0 Å². The molecule has 7 heteroatoms. The first-order chi connectivity index (χ1) is 8.36. The second-order valence-electron chi connectivity index (χ2n) is 3.85. The van der Waals surface area contributed by atoms with Gasteiger partial charge in [-0.25, -0.2) is 8.42 Å². The van der Waals surface area contributed by atoms with Crippen molar-refractivity contribution >= 4 is 21.7 Å². The number of hydrogen-bond donors (Lipinski definition) is 0. The summed E-state index contributed by atoms with van der Waals surface area (Å²) in [5, 5.41) is 0. The quantitative estimate of drug-likeness (QED) is 0.466.